The van der Waals surface area contributed by atoms with E-state index in [2.05, 4.69) is 25.8 Å². The fourth-order valence-electron chi connectivity index (χ4n) is 2.48. The van der Waals surface area contributed by atoms with Gasteiger partial charge in [0.15, 0.2) is 0 Å². The summed E-state index contributed by atoms with van der Waals surface area (Å²) in [7, 11) is 0. The summed E-state index contributed by atoms with van der Waals surface area (Å²) < 4.78 is 0. The van der Waals surface area contributed by atoms with Gasteiger partial charge in [0.05, 0.1) is 0 Å². The molecule has 1 rings (SSSR count). The Hall–Kier alpha value is -0.270. The fourth-order valence-corrected chi connectivity index (χ4v) is 2.98. The molecular weight excluding hydrogens is 277 g/mol. The molecule has 0 aliphatic rings. The van der Waals surface area contributed by atoms with Crippen molar-refractivity contribution in [3.05, 3.63) is 28.0 Å². The standard InChI is InChI=1S/C16H25Cl2N/c1-4-6-7-8-9-16(3,5-2)12-13-10-14(17)19-15(18)11-13/h10-11H,4-9,12H2,1-3H3. The third-order valence-corrected chi connectivity index (χ3v) is 4.33. The molecule has 0 saturated heterocycles. The van der Waals surface area contributed by atoms with Crippen LogP contribution in [-0.4, -0.2) is 4.98 Å². The summed E-state index contributed by atoms with van der Waals surface area (Å²) in [5, 5.41) is 0.985. The van der Waals surface area contributed by atoms with Crippen molar-refractivity contribution < 1.29 is 0 Å². The van der Waals surface area contributed by atoms with Gasteiger partial charge in [-0.05, 0) is 36.0 Å². The van der Waals surface area contributed by atoms with Gasteiger partial charge in [0.25, 0.3) is 0 Å². The molecule has 0 radical (unpaired) electrons. The van der Waals surface area contributed by atoms with E-state index in [0.29, 0.717) is 15.7 Å². The van der Waals surface area contributed by atoms with Crippen LogP contribution in [0.5, 0.6) is 0 Å². The monoisotopic (exact) mass is 301 g/mol. The highest BCUT2D eigenvalue weighted by Gasteiger charge is 2.22. The van der Waals surface area contributed by atoms with E-state index in [1.807, 2.05) is 12.1 Å². The summed E-state index contributed by atoms with van der Waals surface area (Å²) >= 11 is 11.9. The molecule has 0 aromatic carbocycles. The molecule has 0 spiro atoms. The first kappa shape index (κ1) is 16.8. The Morgan fingerprint density at radius 3 is 2.21 bits per heavy atom. The van der Waals surface area contributed by atoms with Crippen molar-refractivity contribution in [1.82, 2.24) is 4.98 Å². The van der Waals surface area contributed by atoms with E-state index in [4.69, 9.17) is 23.2 Å². The van der Waals surface area contributed by atoms with E-state index in [9.17, 15) is 0 Å². The highest BCUT2D eigenvalue weighted by Crippen LogP contribution is 2.33. The number of hydrogen-bond donors (Lipinski definition) is 0. The van der Waals surface area contributed by atoms with E-state index in [-0.39, 0.29) is 0 Å². The van der Waals surface area contributed by atoms with Gasteiger partial charge in [-0.25, -0.2) is 4.98 Å². The van der Waals surface area contributed by atoms with Gasteiger partial charge in [-0.1, -0.05) is 76.1 Å². The van der Waals surface area contributed by atoms with Gasteiger partial charge in [-0.3, -0.25) is 0 Å². The zero-order valence-corrected chi connectivity index (χ0v) is 13.8. The molecule has 1 aromatic rings. The van der Waals surface area contributed by atoms with Crippen molar-refractivity contribution in [2.24, 2.45) is 5.41 Å². The molecule has 0 aliphatic heterocycles. The molecule has 3 heteroatoms. The number of aromatic nitrogens is 1. The number of hydrogen-bond acceptors (Lipinski definition) is 1. The van der Waals surface area contributed by atoms with E-state index in [0.717, 1.165) is 6.42 Å². The Kier molecular flexibility index (Phi) is 7.17. The maximum atomic E-state index is 5.97. The number of nitrogens with zero attached hydrogens (tertiary/aromatic N) is 1. The number of unbranched alkanes of at least 4 members (excludes halogenated alkanes) is 3. The minimum Gasteiger partial charge on any atom is -0.224 e. The lowest BCUT2D eigenvalue weighted by molar-refractivity contribution is 0.270. The predicted octanol–water partition coefficient (Wildman–Crippen LogP) is 6.32. The summed E-state index contributed by atoms with van der Waals surface area (Å²) in [5.74, 6) is 0. The molecule has 0 bridgehead atoms. The minimum absolute atomic E-state index is 0.335. The van der Waals surface area contributed by atoms with E-state index in [1.54, 1.807) is 0 Å². The topological polar surface area (TPSA) is 12.9 Å². The van der Waals surface area contributed by atoms with Crippen LogP contribution in [0.2, 0.25) is 10.3 Å². The second-order valence-electron chi connectivity index (χ2n) is 5.77. The molecule has 1 aromatic heterocycles. The lowest BCUT2D eigenvalue weighted by Crippen LogP contribution is -2.18. The largest absolute Gasteiger partial charge is 0.224 e. The molecule has 0 amide bonds. The van der Waals surface area contributed by atoms with Crippen LogP contribution in [0, 0.1) is 5.41 Å². The van der Waals surface area contributed by atoms with Crippen LogP contribution in [0.15, 0.2) is 12.1 Å². The van der Waals surface area contributed by atoms with Crippen LogP contribution in [0.4, 0.5) is 0 Å². The van der Waals surface area contributed by atoms with Crippen LogP contribution < -0.4 is 0 Å². The molecule has 19 heavy (non-hydrogen) atoms. The summed E-state index contributed by atoms with van der Waals surface area (Å²) in [5.41, 5.74) is 1.53. The smallest absolute Gasteiger partial charge is 0.131 e. The van der Waals surface area contributed by atoms with Crippen molar-refractivity contribution in [3.63, 3.8) is 0 Å². The normalized spacial score (nSPS) is 14.4. The van der Waals surface area contributed by atoms with Crippen molar-refractivity contribution >= 4 is 23.2 Å². The van der Waals surface area contributed by atoms with Crippen LogP contribution in [-0.2, 0) is 6.42 Å². The summed E-state index contributed by atoms with van der Waals surface area (Å²) in [6.45, 7) is 6.88. The molecule has 0 saturated carbocycles. The summed E-state index contributed by atoms with van der Waals surface area (Å²) in [6.07, 6.45) is 8.75. The van der Waals surface area contributed by atoms with Crippen molar-refractivity contribution in [2.45, 2.75) is 65.7 Å². The quantitative estimate of drug-likeness (QED) is 0.404. The molecule has 0 fully saturated rings. The Morgan fingerprint density at radius 1 is 1.05 bits per heavy atom. The summed E-state index contributed by atoms with van der Waals surface area (Å²) in [4.78, 5) is 4.01. The molecule has 1 nitrogen and oxygen atoms in total. The SMILES string of the molecule is CCCCCCC(C)(CC)Cc1cc(Cl)nc(Cl)c1. The lowest BCUT2D eigenvalue weighted by atomic mass is 9.77. The maximum absolute atomic E-state index is 5.97. The zero-order chi connectivity index (χ0) is 14.3. The zero-order valence-electron chi connectivity index (χ0n) is 12.3. The molecule has 1 unspecified atom stereocenters. The van der Waals surface area contributed by atoms with Crippen molar-refractivity contribution in [2.75, 3.05) is 0 Å². The van der Waals surface area contributed by atoms with Crippen molar-refractivity contribution in [1.29, 1.82) is 0 Å². The van der Waals surface area contributed by atoms with Crippen LogP contribution in [0.1, 0.15) is 64.9 Å². The number of pyridine rings is 1. The van der Waals surface area contributed by atoms with Gasteiger partial charge in [-0.2, -0.15) is 0 Å². The first-order valence-electron chi connectivity index (χ1n) is 7.31. The van der Waals surface area contributed by atoms with E-state index >= 15 is 0 Å². The van der Waals surface area contributed by atoms with Crippen LogP contribution in [0.25, 0.3) is 0 Å². The van der Waals surface area contributed by atoms with Crippen LogP contribution in [0.3, 0.4) is 0 Å². The molecule has 0 aliphatic carbocycles. The molecule has 108 valence electrons. The second kappa shape index (κ2) is 8.11. The average Bonchev–Trinajstić information content (AvgIpc) is 2.33. The molecule has 1 heterocycles. The summed E-state index contributed by atoms with van der Waals surface area (Å²) in [6, 6.07) is 3.88. The Balaban J connectivity index is 2.63. The van der Waals surface area contributed by atoms with E-state index in [1.165, 1.54) is 44.1 Å². The number of rotatable bonds is 8. The second-order valence-corrected chi connectivity index (χ2v) is 6.55. The van der Waals surface area contributed by atoms with Gasteiger partial charge < -0.3 is 0 Å². The lowest BCUT2D eigenvalue weighted by Gasteiger charge is -2.28. The van der Waals surface area contributed by atoms with E-state index < -0.39 is 0 Å². The van der Waals surface area contributed by atoms with Gasteiger partial charge >= 0.3 is 0 Å². The van der Waals surface area contributed by atoms with Crippen molar-refractivity contribution in [3.8, 4) is 0 Å². The predicted molar refractivity (Wildman–Crippen MR) is 85.1 cm³/mol. The van der Waals surface area contributed by atoms with Gasteiger partial charge in [0, 0.05) is 0 Å². The maximum Gasteiger partial charge on any atom is 0.131 e. The Morgan fingerprint density at radius 2 is 1.68 bits per heavy atom. The minimum atomic E-state index is 0.335. The molecule has 1 atom stereocenters. The third-order valence-electron chi connectivity index (χ3n) is 3.94. The highest BCUT2D eigenvalue weighted by molar-refractivity contribution is 6.32. The number of halogens is 2. The molecule has 0 N–H and O–H groups in total. The highest BCUT2D eigenvalue weighted by atomic mass is 35.5. The Labute approximate surface area is 127 Å². The first-order chi connectivity index (χ1) is 8.99. The van der Waals surface area contributed by atoms with Gasteiger partial charge in [-0.15, -0.1) is 0 Å². The molecular formula is C16H25Cl2N. The average molecular weight is 302 g/mol. The fraction of sp³-hybridized carbons (Fsp3) is 0.688. The Bertz CT molecular complexity index is 372. The van der Waals surface area contributed by atoms with Gasteiger partial charge in [0.1, 0.15) is 10.3 Å². The van der Waals surface area contributed by atoms with Crippen LogP contribution >= 0.6 is 23.2 Å². The first-order valence-corrected chi connectivity index (χ1v) is 8.06. The third kappa shape index (κ3) is 6.14. The van der Waals surface area contributed by atoms with Gasteiger partial charge in [0.2, 0.25) is 0 Å².